The molecule has 0 radical (unpaired) electrons. The van der Waals surface area contributed by atoms with Gasteiger partial charge in [0.05, 0.1) is 6.54 Å². The minimum atomic E-state index is -0.0187. The van der Waals surface area contributed by atoms with E-state index in [1.165, 1.54) is 12.8 Å². The first kappa shape index (κ1) is 13.8. The number of hydrogen-bond donors (Lipinski definition) is 1. The van der Waals surface area contributed by atoms with E-state index in [1.54, 1.807) is 0 Å². The largest absolute Gasteiger partial charge is 0.396 e. The van der Waals surface area contributed by atoms with Crippen molar-refractivity contribution in [2.24, 2.45) is 5.41 Å². The van der Waals surface area contributed by atoms with Gasteiger partial charge in [0.15, 0.2) is 0 Å². The molecule has 1 atom stereocenters. The summed E-state index contributed by atoms with van der Waals surface area (Å²) in [5, 5.41) is 9.43. The van der Waals surface area contributed by atoms with Gasteiger partial charge in [-0.15, -0.1) is 0 Å². The molecule has 1 saturated heterocycles. The number of aliphatic hydroxyl groups excluding tert-OH is 1. The lowest BCUT2D eigenvalue weighted by atomic mass is 9.83. The average molecular weight is 254 g/mol. The van der Waals surface area contributed by atoms with Crippen molar-refractivity contribution in [1.82, 2.24) is 9.80 Å². The summed E-state index contributed by atoms with van der Waals surface area (Å²) in [6.07, 6.45) is 4.50. The van der Waals surface area contributed by atoms with E-state index in [-0.39, 0.29) is 17.9 Å². The van der Waals surface area contributed by atoms with Crippen LogP contribution in [0.5, 0.6) is 0 Å². The summed E-state index contributed by atoms with van der Waals surface area (Å²) < 4.78 is 0. The van der Waals surface area contributed by atoms with Crippen LogP contribution in [0.4, 0.5) is 0 Å². The van der Waals surface area contributed by atoms with E-state index in [0.29, 0.717) is 12.6 Å². The molecule has 1 aliphatic carbocycles. The highest BCUT2D eigenvalue weighted by molar-refractivity contribution is 5.79. The van der Waals surface area contributed by atoms with Crippen LogP contribution in [-0.2, 0) is 4.79 Å². The van der Waals surface area contributed by atoms with Gasteiger partial charge in [0, 0.05) is 31.2 Å². The van der Waals surface area contributed by atoms with Crippen molar-refractivity contribution in [2.75, 3.05) is 32.8 Å². The Balaban J connectivity index is 1.86. The van der Waals surface area contributed by atoms with E-state index in [0.717, 1.165) is 32.5 Å². The van der Waals surface area contributed by atoms with Crippen molar-refractivity contribution < 1.29 is 9.90 Å². The molecule has 18 heavy (non-hydrogen) atoms. The Morgan fingerprint density at radius 1 is 1.50 bits per heavy atom. The molecule has 2 aliphatic rings. The molecule has 0 aromatic rings. The predicted molar refractivity (Wildman–Crippen MR) is 71.3 cm³/mol. The second-order valence-electron chi connectivity index (χ2n) is 6.19. The lowest BCUT2D eigenvalue weighted by Crippen LogP contribution is -2.48. The van der Waals surface area contributed by atoms with Gasteiger partial charge in [-0.05, 0) is 39.2 Å². The Morgan fingerprint density at radius 3 is 2.78 bits per heavy atom. The molecule has 1 saturated carbocycles. The van der Waals surface area contributed by atoms with Crippen molar-refractivity contribution in [2.45, 2.75) is 45.6 Å². The summed E-state index contributed by atoms with van der Waals surface area (Å²) in [5.41, 5.74) is -0.0187. The van der Waals surface area contributed by atoms with Crippen LogP contribution >= 0.6 is 0 Å². The standard InChI is InChI=1S/C14H26N2O2/c1-3-16(12-5-6-12)13(18)9-15-8-4-7-14(2,10-15)11-17/h12,17H,3-11H2,1-2H3. The third-order valence-electron chi connectivity index (χ3n) is 4.25. The molecule has 1 aliphatic heterocycles. The Kier molecular flexibility index (Phi) is 4.28. The minimum absolute atomic E-state index is 0.0187. The summed E-state index contributed by atoms with van der Waals surface area (Å²) in [4.78, 5) is 16.5. The van der Waals surface area contributed by atoms with Gasteiger partial charge in [0.25, 0.3) is 0 Å². The average Bonchev–Trinajstić information content (AvgIpc) is 3.14. The number of hydrogen-bond acceptors (Lipinski definition) is 3. The van der Waals surface area contributed by atoms with Gasteiger partial charge in [-0.25, -0.2) is 0 Å². The number of amides is 1. The molecule has 1 unspecified atom stereocenters. The maximum absolute atomic E-state index is 12.2. The van der Waals surface area contributed by atoms with Crippen LogP contribution in [0.1, 0.15) is 39.5 Å². The number of carbonyl (C=O) groups is 1. The molecule has 0 aromatic carbocycles. The molecule has 2 rings (SSSR count). The topological polar surface area (TPSA) is 43.8 Å². The van der Waals surface area contributed by atoms with Crippen LogP contribution < -0.4 is 0 Å². The number of carbonyl (C=O) groups excluding carboxylic acids is 1. The molecule has 104 valence electrons. The first-order valence-electron chi connectivity index (χ1n) is 7.20. The number of likely N-dealkylation sites (N-methyl/N-ethyl adjacent to an activating group) is 1. The van der Waals surface area contributed by atoms with Gasteiger partial charge in [-0.1, -0.05) is 6.92 Å². The smallest absolute Gasteiger partial charge is 0.236 e. The molecule has 0 aromatic heterocycles. The highest BCUT2D eigenvalue weighted by Gasteiger charge is 2.34. The summed E-state index contributed by atoms with van der Waals surface area (Å²) in [5.74, 6) is 0.266. The predicted octanol–water partition coefficient (Wildman–Crippen LogP) is 1.09. The van der Waals surface area contributed by atoms with Crippen molar-refractivity contribution in [3.63, 3.8) is 0 Å². The zero-order valence-corrected chi connectivity index (χ0v) is 11.7. The molecule has 2 fully saturated rings. The van der Waals surface area contributed by atoms with Crippen LogP contribution in [0, 0.1) is 5.41 Å². The van der Waals surface area contributed by atoms with E-state index < -0.39 is 0 Å². The molecule has 1 heterocycles. The lowest BCUT2D eigenvalue weighted by molar-refractivity contribution is -0.133. The van der Waals surface area contributed by atoms with Crippen LogP contribution in [0.2, 0.25) is 0 Å². The molecular weight excluding hydrogens is 228 g/mol. The van der Waals surface area contributed by atoms with Crippen LogP contribution in [0.25, 0.3) is 0 Å². The van der Waals surface area contributed by atoms with Gasteiger partial charge in [-0.3, -0.25) is 9.69 Å². The Morgan fingerprint density at radius 2 is 2.22 bits per heavy atom. The van der Waals surface area contributed by atoms with Crippen molar-refractivity contribution in [3.8, 4) is 0 Å². The van der Waals surface area contributed by atoms with E-state index in [9.17, 15) is 9.90 Å². The van der Waals surface area contributed by atoms with E-state index in [2.05, 4.69) is 18.7 Å². The molecule has 1 N–H and O–H groups in total. The monoisotopic (exact) mass is 254 g/mol. The van der Waals surface area contributed by atoms with Gasteiger partial charge in [0.2, 0.25) is 5.91 Å². The third-order valence-corrected chi connectivity index (χ3v) is 4.25. The fourth-order valence-electron chi connectivity index (χ4n) is 3.00. The highest BCUT2D eigenvalue weighted by atomic mass is 16.3. The molecular formula is C14H26N2O2. The lowest BCUT2D eigenvalue weighted by Gasteiger charge is -2.39. The van der Waals surface area contributed by atoms with E-state index in [4.69, 9.17) is 0 Å². The number of nitrogens with zero attached hydrogens (tertiary/aromatic N) is 2. The van der Waals surface area contributed by atoms with Crippen molar-refractivity contribution >= 4 is 5.91 Å². The summed E-state index contributed by atoms with van der Waals surface area (Å²) in [6.45, 7) is 7.58. The number of likely N-dealkylation sites (tertiary alicyclic amines) is 1. The molecule has 0 spiro atoms. The minimum Gasteiger partial charge on any atom is -0.396 e. The second kappa shape index (κ2) is 5.57. The summed E-state index contributed by atoms with van der Waals surface area (Å²) in [7, 11) is 0. The Hall–Kier alpha value is -0.610. The number of rotatable bonds is 5. The van der Waals surface area contributed by atoms with Gasteiger partial charge in [0.1, 0.15) is 0 Å². The Bertz CT molecular complexity index is 304. The Labute approximate surface area is 110 Å². The van der Waals surface area contributed by atoms with Crippen molar-refractivity contribution in [3.05, 3.63) is 0 Å². The number of piperidine rings is 1. The molecule has 0 bridgehead atoms. The van der Waals surface area contributed by atoms with Crippen molar-refractivity contribution in [1.29, 1.82) is 0 Å². The quantitative estimate of drug-likeness (QED) is 0.799. The third kappa shape index (κ3) is 3.23. The molecule has 4 heteroatoms. The van der Waals surface area contributed by atoms with E-state index in [1.807, 2.05) is 4.90 Å². The second-order valence-corrected chi connectivity index (χ2v) is 6.19. The molecule has 1 amide bonds. The summed E-state index contributed by atoms with van der Waals surface area (Å²) >= 11 is 0. The fourth-order valence-corrected chi connectivity index (χ4v) is 3.00. The number of aliphatic hydroxyl groups is 1. The van der Waals surface area contributed by atoms with Crippen LogP contribution in [0.3, 0.4) is 0 Å². The normalized spacial score (nSPS) is 29.3. The SMILES string of the molecule is CCN(C(=O)CN1CCCC(C)(CO)C1)C1CC1. The van der Waals surface area contributed by atoms with Gasteiger partial charge < -0.3 is 10.0 Å². The zero-order chi connectivity index (χ0) is 13.2. The van der Waals surface area contributed by atoms with E-state index >= 15 is 0 Å². The van der Waals surface area contributed by atoms with Gasteiger partial charge >= 0.3 is 0 Å². The maximum atomic E-state index is 12.2. The summed E-state index contributed by atoms with van der Waals surface area (Å²) in [6, 6.07) is 0.511. The molecule has 4 nitrogen and oxygen atoms in total. The van der Waals surface area contributed by atoms with Gasteiger partial charge in [-0.2, -0.15) is 0 Å². The highest BCUT2D eigenvalue weighted by Crippen LogP contribution is 2.30. The fraction of sp³-hybridized carbons (Fsp3) is 0.929. The first-order chi connectivity index (χ1) is 8.58. The van der Waals surface area contributed by atoms with Crippen LogP contribution in [-0.4, -0.2) is 59.6 Å². The first-order valence-corrected chi connectivity index (χ1v) is 7.20. The van der Waals surface area contributed by atoms with Crippen LogP contribution in [0.15, 0.2) is 0 Å². The zero-order valence-electron chi connectivity index (χ0n) is 11.7. The maximum Gasteiger partial charge on any atom is 0.236 e.